The molecule has 6 heteroatoms. The summed E-state index contributed by atoms with van der Waals surface area (Å²) in [6, 6.07) is 5.18. The second kappa shape index (κ2) is 4.19. The van der Waals surface area contributed by atoms with Gasteiger partial charge in [-0.2, -0.15) is 8.42 Å². The first-order valence-corrected chi connectivity index (χ1v) is 5.05. The molecule has 0 aromatic heterocycles. The van der Waals surface area contributed by atoms with Crippen molar-refractivity contribution < 1.29 is 16.7 Å². The van der Waals surface area contributed by atoms with E-state index in [1.165, 1.54) is 24.3 Å². The maximum Gasteiger partial charge on any atom is 0.326 e. The van der Waals surface area contributed by atoms with Gasteiger partial charge in [0.1, 0.15) is 5.82 Å². The van der Waals surface area contributed by atoms with Gasteiger partial charge in [0, 0.05) is 11.9 Å². The highest BCUT2D eigenvalue weighted by Crippen LogP contribution is 2.08. The molecule has 0 atom stereocenters. The third-order valence-corrected chi connectivity index (χ3v) is 1.79. The molecule has 76 valence electrons. The molecule has 0 unspecified atom stereocenters. The van der Waals surface area contributed by atoms with Gasteiger partial charge in [-0.1, -0.05) is 0 Å². The molecule has 0 saturated heterocycles. The fourth-order valence-corrected chi connectivity index (χ4v) is 0.988. The highest BCUT2D eigenvalue weighted by atomic mass is 32.3. The van der Waals surface area contributed by atoms with E-state index in [9.17, 15) is 16.7 Å². The van der Waals surface area contributed by atoms with Crippen LogP contribution in [0.1, 0.15) is 0 Å². The summed E-state index contributed by atoms with van der Waals surface area (Å²) in [5.41, 5.74) is 0.464. The quantitative estimate of drug-likeness (QED) is 0.791. The third kappa shape index (κ3) is 3.99. The summed E-state index contributed by atoms with van der Waals surface area (Å²) < 4.78 is 44.4. The molecule has 14 heavy (non-hydrogen) atoms. The summed E-state index contributed by atoms with van der Waals surface area (Å²) in [4.78, 5) is 0. The van der Waals surface area contributed by atoms with E-state index < -0.39 is 16.0 Å². The SMILES string of the molecule is O=S(=O)(F)/C=C/Nc1ccc(F)cc1. The van der Waals surface area contributed by atoms with E-state index in [1.54, 1.807) is 0 Å². The largest absolute Gasteiger partial charge is 0.361 e. The molecule has 0 bridgehead atoms. The van der Waals surface area contributed by atoms with Crippen molar-refractivity contribution >= 4 is 15.9 Å². The Morgan fingerprint density at radius 1 is 1.21 bits per heavy atom. The summed E-state index contributed by atoms with van der Waals surface area (Å²) in [6.07, 6.45) is 0.919. The Labute approximate surface area is 80.3 Å². The molecule has 1 N–H and O–H groups in total. The van der Waals surface area contributed by atoms with Crippen LogP contribution in [0.3, 0.4) is 0 Å². The molecule has 0 aliphatic rings. The van der Waals surface area contributed by atoms with Crippen LogP contribution in [0.25, 0.3) is 0 Å². The number of nitrogens with one attached hydrogen (secondary N) is 1. The summed E-state index contributed by atoms with van der Waals surface area (Å²) in [5.74, 6) is -0.405. The smallest absolute Gasteiger partial charge is 0.326 e. The lowest BCUT2D eigenvalue weighted by atomic mass is 10.3. The summed E-state index contributed by atoms with van der Waals surface area (Å²) in [5, 5.41) is 2.83. The first-order chi connectivity index (χ1) is 6.47. The Morgan fingerprint density at radius 2 is 1.79 bits per heavy atom. The monoisotopic (exact) mass is 219 g/mol. The molecule has 0 radical (unpaired) electrons. The summed E-state index contributed by atoms with van der Waals surface area (Å²) in [7, 11) is -4.62. The fourth-order valence-electron chi connectivity index (χ4n) is 0.758. The molecule has 0 spiro atoms. The van der Waals surface area contributed by atoms with E-state index in [4.69, 9.17) is 0 Å². The number of rotatable bonds is 3. The van der Waals surface area contributed by atoms with Gasteiger partial charge in [0.2, 0.25) is 0 Å². The minimum atomic E-state index is -4.62. The van der Waals surface area contributed by atoms with Crippen LogP contribution in [0.15, 0.2) is 35.9 Å². The number of benzene rings is 1. The molecule has 0 saturated carbocycles. The van der Waals surface area contributed by atoms with Crippen molar-refractivity contribution in [3.8, 4) is 0 Å². The van der Waals surface area contributed by atoms with Crippen LogP contribution < -0.4 is 5.32 Å². The predicted molar refractivity (Wildman–Crippen MR) is 49.2 cm³/mol. The van der Waals surface area contributed by atoms with E-state index >= 15 is 0 Å². The molecule has 0 fully saturated rings. The standard InChI is InChI=1S/C8H7F2NO2S/c9-7-1-3-8(4-2-7)11-5-6-14(10,12)13/h1-6,11H/b6-5+. The molecule has 1 aromatic rings. The van der Waals surface area contributed by atoms with Crippen LogP contribution in [-0.4, -0.2) is 8.42 Å². The van der Waals surface area contributed by atoms with E-state index in [-0.39, 0.29) is 0 Å². The van der Waals surface area contributed by atoms with Crippen LogP contribution >= 0.6 is 0 Å². The maximum atomic E-state index is 12.4. The zero-order valence-corrected chi connectivity index (χ0v) is 7.76. The van der Waals surface area contributed by atoms with Crippen LogP contribution in [0.4, 0.5) is 14.0 Å². The Kier molecular flexibility index (Phi) is 3.19. The molecule has 1 aromatic carbocycles. The molecule has 0 amide bonds. The van der Waals surface area contributed by atoms with Gasteiger partial charge >= 0.3 is 10.2 Å². The van der Waals surface area contributed by atoms with Gasteiger partial charge in [-0.05, 0) is 24.3 Å². The van der Waals surface area contributed by atoms with Gasteiger partial charge in [-0.3, -0.25) is 0 Å². The van der Waals surface area contributed by atoms with Gasteiger partial charge in [0.05, 0.1) is 5.41 Å². The molecule has 0 aliphatic carbocycles. The van der Waals surface area contributed by atoms with Gasteiger partial charge < -0.3 is 5.32 Å². The second-order valence-corrected chi connectivity index (χ2v) is 3.65. The van der Waals surface area contributed by atoms with E-state index in [0.717, 1.165) is 6.20 Å². The van der Waals surface area contributed by atoms with Crippen LogP contribution in [0.5, 0.6) is 0 Å². The third-order valence-electron chi connectivity index (χ3n) is 1.32. The van der Waals surface area contributed by atoms with Crippen LogP contribution in [0.2, 0.25) is 0 Å². The summed E-state index contributed by atoms with van der Waals surface area (Å²) >= 11 is 0. The Morgan fingerprint density at radius 3 is 2.29 bits per heavy atom. The average Bonchev–Trinajstić information content (AvgIpc) is 2.06. The summed E-state index contributed by atoms with van der Waals surface area (Å²) in [6.45, 7) is 0. The van der Waals surface area contributed by atoms with Crippen molar-refractivity contribution in [1.29, 1.82) is 0 Å². The van der Waals surface area contributed by atoms with E-state index in [2.05, 4.69) is 5.32 Å². The molecule has 3 nitrogen and oxygen atoms in total. The van der Waals surface area contributed by atoms with Crippen molar-refractivity contribution in [2.45, 2.75) is 0 Å². The normalized spacial score (nSPS) is 11.9. The highest BCUT2D eigenvalue weighted by molar-refractivity contribution is 7.89. The van der Waals surface area contributed by atoms with Crippen molar-refractivity contribution in [2.75, 3.05) is 5.32 Å². The predicted octanol–water partition coefficient (Wildman–Crippen LogP) is 2.01. The van der Waals surface area contributed by atoms with Crippen molar-refractivity contribution in [3.05, 3.63) is 41.7 Å². The van der Waals surface area contributed by atoms with Gasteiger partial charge in [0.25, 0.3) is 0 Å². The van der Waals surface area contributed by atoms with Crippen molar-refractivity contribution in [1.82, 2.24) is 0 Å². The second-order valence-electron chi connectivity index (χ2n) is 2.43. The highest BCUT2D eigenvalue weighted by Gasteiger charge is 1.97. The van der Waals surface area contributed by atoms with Crippen LogP contribution in [-0.2, 0) is 10.2 Å². The number of hydrogen-bond donors (Lipinski definition) is 1. The van der Waals surface area contributed by atoms with Crippen LogP contribution in [0, 0.1) is 5.82 Å². The van der Waals surface area contributed by atoms with Gasteiger partial charge in [-0.15, -0.1) is 3.89 Å². The van der Waals surface area contributed by atoms with Gasteiger partial charge in [0.15, 0.2) is 0 Å². The molecule has 0 heterocycles. The number of anilines is 1. The first-order valence-electron chi connectivity index (χ1n) is 3.61. The zero-order valence-electron chi connectivity index (χ0n) is 6.94. The number of halogens is 2. The van der Waals surface area contributed by atoms with Crippen molar-refractivity contribution in [2.24, 2.45) is 0 Å². The van der Waals surface area contributed by atoms with E-state index in [1.807, 2.05) is 0 Å². The fraction of sp³-hybridized carbons (Fsp3) is 0. The lowest BCUT2D eigenvalue weighted by Crippen LogP contribution is -1.89. The average molecular weight is 219 g/mol. The number of hydrogen-bond acceptors (Lipinski definition) is 3. The molecular formula is C8H7F2NO2S. The molecule has 0 aliphatic heterocycles. The lowest BCUT2D eigenvalue weighted by molar-refractivity contribution is 0.563. The minimum absolute atomic E-state index is 0.371. The van der Waals surface area contributed by atoms with E-state index in [0.29, 0.717) is 11.1 Å². The zero-order chi connectivity index (χ0) is 10.6. The Hall–Kier alpha value is -1.43. The lowest BCUT2D eigenvalue weighted by Gasteiger charge is -1.98. The Bertz CT molecular complexity index is 425. The molecule has 1 rings (SSSR count). The first kappa shape index (κ1) is 10.6. The topological polar surface area (TPSA) is 46.2 Å². The Balaban J connectivity index is 2.63. The van der Waals surface area contributed by atoms with Crippen molar-refractivity contribution in [3.63, 3.8) is 0 Å². The molecular weight excluding hydrogens is 212 g/mol. The maximum absolute atomic E-state index is 12.4. The van der Waals surface area contributed by atoms with Gasteiger partial charge in [-0.25, -0.2) is 4.39 Å². The minimum Gasteiger partial charge on any atom is -0.361 e.